The maximum absolute atomic E-state index is 12.3. The topological polar surface area (TPSA) is 55.6 Å². The van der Waals surface area contributed by atoms with Gasteiger partial charge in [-0.15, -0.1) is 0 Å². The number of amides is 1. The Kier molecular flexibility index (Phi) is 4.04. The largest absolute Gasteiger partial charge is 0.479 e. The Labute approximate surface area is 120 Å². The van der Waals surface area contributed by atoms with Gasteiger partial charge >= 0.3 is 0 Å². The number of ether oxygens (including phenoxy) is 1. The van der Waals surface area contributed by atoms with Crippen molar-refractivity contribution in [3.63, 3.8) is 0 Å². The zero-order valence-electron chi connectivity index (χ0n) is 12.9. The normalized spacial score (nSPS) is 20.1. The van der Waals surface area contributed by atoms with Crippen molar-refractivity contribution in [1.29, 1.82) is 0 Å². The Hall–Kier alpha value is -1.55. The van der Waals surface area contributed by atoms with Gasteiger partial charge in [0.1, 0.15) is 5.75 Å². The lowest BCUT2D eigenvalue weighted by atomic mass is 9.95. The molecule has 1 aliphatic rings. The molecule has 0 aromatic heterocycles. The lowest BCUT2D eigenvalue weighted by Gasteiger charge is -2.36. The molecule has 2 N–H and O–H groups in total. The molecule has 2 rings (SSSR count). The van der Waals surface area contributed by atoms with E-state index in [2.05, 4.69) is 13.8 Å². The third kappa shape index (κ3) is 2.52. The maximum atomic E-state index is 12.3. The molecule has 0 saturated heterocycles. The van der Waals surface area contributed by atoms with Crippen LogP contribution in [0.2, 0.25) is 0 Å². The maximum Gasteiger partial charge on any atom is 0.268 e. The van der Waals surface area contributed by atoms with Crippen LogP contribution in [0.15, 0.2) is 18.2 Å². The standard InChI is InChI=1S/C16H24N2O2/c1-9(2)15(17)12-6-7-14-13(8-12)18(10(3)4)16(19)11(5)20-14/h6-11,15H,17H2,1-5H3. The Morgan fingerprint density at radius 3 is 2.45 bits per heavy atom. The Balaban J connectivity index is 2.48. The van der Waals surface area contributed by atoms with Crippen LogP contribution >= 0.6 is 0 Å². The molecule has 2 atom stereocenters. The van der Waals surface area contributed by atoms with Crippen LogP contribution in [0.3, 0.4) is 0 Å². The van der Waals surface area contributed by atoms with E-state index in [1.807, 2.05) is 32.0 Å². The van der Waals surface area contributed by atoms with Crippen molar-refractivity contribution in [3.05, 3.63) is 23.8 Å². The SMILES string of the molecule is CC1Oc2ccc(C(N)C(C)C)cc2N(C(C)C)C1=O. The van der Waals surface area contributed by atoms with Gasteiger partial charge in [0.15, 0.2) is 6.10 Å². The summed E-state index contributed by atoms with van der Waals surface area (Å²) >= 11 is 0. The zero-order valence-corrected chi connectivity index (χ0v) is 12.9. The van der Waals surface area contributed by atoms with Crippen LogP contribution in [0.1, 0.15) is 46.2 Å². The van der Waals surface area contributed by atoms with E-state index in [9.17, 15) is 4.79 Å². The molecule has 0 bridgehead atoms. The molecule has 1 heterocycles. The molecular weight excluding hydrogens is 252 g/mol. The Morgan fingerprint density at radius 2 is 1.90 bits per heavy atom. The van der Waals surface area contributed by atoms with Crippen molar-refractivity contribution in [1.82, 2.24) is 0 Å². The van der Waals surface area contributed by atoms with E-state index in [0.29, 0.717) is 5.92 Å². The van der Waals surface area contributed by atoms with Crippen LogP contribution in [0.5, 0.6) is 5.75 Å². The van der Waals surface area contributed by atoms with Crippen LogP contribution in [0.25, 0.3) is 0 Å². The van der Waals surface area contributed by atoms with E-state index in [0.717, 1.165) is 17.0 Å². The number of nitrogens with zero attached hydrogens (tertiary/aromatic N) is 1. The van der Waals surface area contributed by atoms with Crippen molar-refractivity contribution in [2.24, 2.45) is 11.7 Å². The molecule has 0 radical (unpaired) electrons. The highest BCUT2D eigenvalue weighted by Crippen LogP contribution is 2.37. The quantitative estimate of drug-likeness (QED) is 0.923. The van der Waals surface area contributed by atoms with E-state index < -0.39 is 6.10 Å². The van der Waals surface area contributed by atoms with Gasteiger partial charge in [-0.25, -0.2) is 0 Å². The summed E-state index contributed by atoms with van der Waals surface area (Å²) in [6, 6.07) is 5.96. The minimum absolute atomic E-state index is 0.00256. The zero-order chi connectivity index (χ0) is 15.0. The van der Waals surface area contributed by atoms with E-state index >= 15 is 0 Å². The predicted octanol–water partition coefficient (Wildman–Crippen LogP) is 2.86. The average molecular weight is 276 g/mol. The number of benzene rings is 1. The van der Waals surface area contributed by atoms with Crippen LogP contribution < -0.4 is 15.4 Å². The molecule has 0 fully saturated rings. The number of rotatable bonds is 3. The minimum Gasteiger partial charge on any atom is -0.479 e. The first-order valence-electron chi connectivity index (χ1n) is 7.22. The summed E-state index contributed by atoms with van der Waals surface area (Å²) in [5, 5.41) is 0. The summed E-state index contributed by atoms with van der Waals surface area (Å²) in [6.07, 6.45) is -0.436. The fraction of sp³-hybridized carbons (Fsp3) is 0.562. The summed E-state index contributed by atoms with van der Waals surface area (Å²) in [5.74, 6) is 1.10. The van der Waals surface area contributed by atoms with Crippen molar-refractivity contribution in [2.75, 3.05) is 4.90 Å². The van der Waals surface area contributed by atoms with Crippen molar-refractivity contribution in [3.8, 4) is 5.75 Å². The van der Waals surface area contributed by atoms with Gasteiger partial charge in [0.2, 0.25) is 0 Å². The molecule has 0 saturated carbocycles. The monoisotopic (exact) mass is 276 g/mol. The molecule has 1 aromatic rings. The molecule has 4 heteroatoms. The molecule has 2 unspecified atom stereocenters. The number of anilines is 1. The number of carbonyl (C=O) groups is 1. The number of nitrogens with two attached hydrogens (primary N) is 1. The molecular formula is C16H24N2O2. The fourth-order valence-corrected chi connectivity index (χ4v) is 2.50. The molecule has 110 valence electrons. The van der Waals surface area contributed by atoms with Gasteiger partial charge in [-0.2, -0.15) is 0 Å². The fourth-order valence-electron chi connectivity index (χ4n) is 2.50. The first kappa shape index (κ1) is 14.9. The third-order valence-corrected chi connectivity index (χ3v) is 3.75. The summed E-state index contributed by atoms with van der Waals surface area (Å²) in [5.41, 5.74) is 8.08. The lowest BCUT2D eigenvalue weighted by Crippen LogP contribution is -2.48. The van der Waals surface area contributed by atoms with Crippen LogP contribution in [0, 0.1) is 5.92 Å². The number of hydrogen-bond donors (Lipinski definition) is 1. The Bertz CT molecular complexity index is 511. The summed E-state index contributed by atoms with van der Waals surface area (Å²) in [7, 11) is 0. The second-order valence-electron chi connectivity index (χ2n) is 6.06. The molecule has 4 nitrogen and oxygen atoms in total. The van der Waals surface area contributed by atoms with Gasteiger partial charge < -0.3 is 15.4 Å². The summed E-state index contributed by atoms with van der Waals surface area (Å²) in [6.45, 7) is 9.99. The highest BCUT2D eigenvalue weighted by atomic mass is 16.5. The van der Waals surface area contributed by atoms with Crippen LogP contribution in [-0.4, -0.2) is 18.1 Å². The van der Waals surface area contributed by atoms with E-state index in [1.54, 1.807) is 11.8 Å². The van der Waals surface area contributed by atoms with Crippen LogP contribution in [0.4, 0.5) is 5.69 Å². The molecule has 1 amide bonds. The molecule has 0 aliphatic carbocycles. The van der Waals surface area contributed by atoms with Gasteiger partial charge in [-0.3, -0.25) is 4.79 Å². The number of carbonyl (C=O) groups excluding carboxylic acids is 1. The lowest BCUT2D eigenvalue weighted by molar-refractivity contribution is -0.125. The Morgan fingerprint density at radius 1 is 1.25 bits per heavy atom. The first-order chi connectivity index (χ1) is 9.32. The van der Waals surface area contributed by atoms with E-state index in [4.69, 9.17) is 10.5 Å². The molecule has 1 aromatic carbocycles. The average Bonchev–Trinajstić information content (AvgIpc) is 2.38. The van der Waals surface area contributed by atoms with Gasteiger partial charge in [0, 0.05) is 12.1 Å². The van der Waals surface area contributed by atoms with E-state index in [-0.39, 0.29) is 18.0 Å². The highest BCUT2D eigenvalue weighted by molar-refractivity contribution is 6.00. The van der Waals surface area contributed by atoms with E-state index in [1.165, 1.54) is 0 Å². The van der Waals surface area contributed by atoms with Crippen molar-refractivity contribution in [2.45, 2.75) is 52.8 Å². The minimum atomic E-state index is -0.436. The van der Waals surface area contributed by atoms with Crippen LogP contribution in [-0.2, 0) is 4.79 Å². The number of fused-ring (bicyclic) bond motifs is 1. The first-order valence-corrected chi connectivity index (χ1v) is 7.22. The molecule has 1 aliphatic heterocycles. The second kappa shape index (κ2) is 5.44. The van der Waals surface area contributed by atoms with Gasteiger partial charge in [0.05, 0.1) is 5.69 Å². The molecule has 20 heavy (non-hydrogen) atoms. The van der Waals surface area contributed by atoms with Crippen molar-refractivity contribution >= 4 is 11.6 Å². The summed E-state index contributed by atoms with van der Waals surface area (Å²) < 4.78 is 5.69. The van der Waals surface area contributed by atoms with Crippen molar-refractivity contribution < 1.29 is 9.53 Å². The third-order valence-electron chi connectivity index (χ3n) is 3.75. The second-order valence-corrected chi connectivity index (χ2v) is 6.06. The number of hydrogen-bond acceptors (Lipinski definition) is 3. The van der Waals surface area contributed by atoms with Gasteiger partial charge in [-0.1, -0.05) is 19.9 Å². The van der Waals surface area contributed by atoms with Gasteiger partial charge in [-0.05, 0) is 44.4 Å². The smallest absolute Gasteiger partial charge is 0.268 e. The highest BCUT2D eigenvalue weighted by Gasteiger charge is 2.33. The summed E-state index contributed by atoms with van der Waals surface area (Å²) in [4.78, 5) is 14.1. The van der Waals surface area contributed by atoms with Gasteiger partial charge in [0.25, 0.3) is 5.91 Å². The predicted molar refractivity (Wildman–Crippen MR) is 80.9 cm³/mol. The molecule has 0 spiro atoms.